The van der Waals surface area contributed by atoms with Gasteiger partial charge in [-0.05, 0) is 76.0 Å². The van der Waals surface area contributed by atoms with E-state index in [0.717, 1.165) is 19.3 Å². The third-order valence-electron chi connectivity index (χ3n) is 11.5. The molecule has 1 aliphatic heterocycles. The Labute approximate surface area is 214 Å². The molecule has 1 saturated heterocycles. The van der Waals surface area contributed by atoms with Gasteiger partial charge in [0.2, 0.25) is 0 Å². The van der Waals surface area contributed by atoms with Gasteiger partial charge in [-0.3, -0.25) is 0 Å². The van der Waals surface area contributed by atoms with Crippen LogP contribution in [0.4, 0.5) is 0 Å². The Kier molecular flexibility index (Phi) is 6.74. The molecule has 0 aromatic rings. The van der Waals surface area contributed by atoms with Gasteiger partial charge in [-0.2, -0.15) is 0 Å². The van der Waals surface area contributed by atoms with E-state index in [9.17, 15) is 25.5 Å². The van der Waals surface area contributed by atoms with Crippen molar-refractivity contribution in [1.82, 2.24) is 0 Å². The van der Waals surface area contributed by atoms with E-state index in [1.165, 1.54) is 5.57 Å². The molecule has 0 aromatic heterocycles. The Hall–Kier alpha value is -0.580. The van der Waals surface area contributed by atoms with Crippen LogP contribution in [0.1, 0.15) is 79.1 Å². The Bertz CT molecular complexity index is 878. The van der Waals surface area contributed by atoms with E-state index in [-0.39, 0.29) is 42.0 Å². The van der Waals surface area contributed by atoms with Crippen molar-refractivity contribution in [2.45, 2.75) is 133 Å². The van der Waals surface area contributed by atoms with Crippen molar-refractivity contribution in [2.24, 2.45) is 22.7 Å². The predicted octanol–water partition coefficient (Wildman–Crippen LogP) is 2.04. The smallest absolute Gasteiger partial charge is 0.161 e. The van der Waals surface area contributed by atoms with Gasteiger partial charge in [0.05, 0.1) is 41.5 Å². The Balaban J connectivity index is 1.35. The van der Waals surface area contributed by atoms with E-state index in [1.807, 2.05) is 6.92 Å². The SMILES string of the molecule is CO[C@@H]1C[C@H](O[C@H]2CC[C@@]3(C)C(=CC[C@@H]4[C@H]3C[C@@H](O)[C@]3(C)[C@](O)([C@H](C)O)CC[C@]43O)C2)O[C@H](C)[C@H]1O. The van der Waals surface area contributed by atoms with Gasteiger partial charge in [0.1, 0.15) is 11.7 Å². The van der Waals surface area contributed by atoms with Crippen molar-refractivity contribution in [2.75, 3.05) is 7.11 Å². The lowest BCUT2D eigenvalue weighted by Gasteiger charge is -2.64. The maximum absolute atomic E-state index is 12.2. The summed E-state index contributed by atoms with van der Waals surface area (Å²) in [6.45, 7) is 7.43. The molecular formula is C28H46O8. The zero-order valence-corrected chi connectivity index (χ0v) is 22.4. The van der Waals surface area contributed by atoms with Crippen LogP contribution in [-0.4, -0.2) is 86.8 Å². The van der Waals surface area contributed by atoms with E-state index in [1.54, 1.807) is 21.0 Å². The van der Waals surface area contributed by atoms with Crippen molar-refractivity contribution in [1.29, 1.82) is 0 Å². The first-order valence-electron chi connectivity index (χ1n) is 13.8. The summed E-state index contributed by atoms with van der Waals surface area (Å²) in [5.41, 5.74) is -2.81. The molecule has 8 nitrogen and oxygen atoms in total. The second-order valence-corrected chi connectivity index (χ2v) is 12.8. The van der Waals surface area contributed by atoms with Gasteiger partial charge in [-0.1, -0.05) is 25.5 Å². The second kappa shape index (κ2) is 8.98. The third kappa shape index (κ3) is 3.55. The lowest BCUT2D eigenvalue weighted by atomic mass is 9.44. The lowest BCUT2D eigenvalue weighted by Crippen LogP contribution is -2.71. The molecule has 4 aliphatic carbocycles. The summed E-state index contributed by atoms with van der Waals surface area (Å²) in [6, 6.07) is 0. The Morgan fingerprint density at radius 2 is 1.81 bits per heavy atom. The first kappa shape index (κ1) is 27.0. The predicted molar refractivity (Wildman–Crippen MR) is 132 cm³/mol. The van der Waals surface area contributed by atoms with Gasteiger partial charge in [0, 0.05) is 13.5 Å². The van der Waals surface area contributed by atoms with Crippen molar-refractivity contribution in [3.63, 3.8) is 0 Å². The van der Waals surface area contributed by atoms with Crippen molar-refractivity contribution >= 4 is 0 Å². The second-order valence-electron chi connectivity index (χ2n) is 12.8. The van der Waals surface area contributed by atoms with Crippen LogP contribution < -0.4 is 0 Å². The summed E-state index contributed by atoms with van der Waals surface area (Å²) in [7, 11) is 1.60. The fourth-order valence-electron chi connectivity index (χ4n) is 8.97. The number of allylic oxidation sites excluding steroid dienone is 1. The normalized spacial score (nSPS) is 55.8. The number of rotatable bonds is 4. The van der Waals surface area contributed by atoms with Crippen LogP contribution in [0.2, 0.25) is 0 Å². The lowest BCUT2D eigenvalue weighted by molar-refractivity contribution is -0.277. The van der Waals surface area contributed by atoms with Gasteiger partial charge in [-0.25, -0.2) is 0 Å². The van der Waals surface area contributed by atoms with Crippen LogP contribution in [0.5, 0.6) is 0 Å². The van der Waals surface area contributed by atoms with E-state index in [4.69, 9.17) is 14.2 Å². The molecule has 5 aliphatic rings. The number of methoxy groups -OCH3 is 1. The molecular weight excluding hydrogens is 464 g/mol. The van der Waals surface area contributed by atoms with E-state index < -0.39 is 41.2 Å². The van der Waals surface area contributed by atoms with Crippen LogP contribution in [0.25, 0.3) is 0 Å². The number of hydrogen-bond acceptors (Lipinski definition) is 8. The standard InChI is InChI=1S/C28H46O8/c1-15-24(31)21(34-5)14-23(35-15)36-18-8-9-25(3)17(12-18)6-7-19-20(25)13-22(30)26(4)27(32,16(2)29)10-11-28(19,26)33/h6,15-16,18-24,29-33H,7-14H2,1-5H3/t15-,16+,18+,19-,20-,21-,22-,23+,24-,25+,26-,27-,28+/m1/s1. The number of aliphatic hydroxyl groups is 5. The highest BCUT2D eigenvalue weighted by Crippen LogP contribution is 2.69. The summed E-state index contributed by atoms with van der Waals surface area (Å²) in [5, 5.41) is 55.8. The number of fused-ring (bicyclic) bond motifs is 5. The molecule has 3 saturated carbocycles. The summed E-state index contributed by atoms with van der Waals surface area (Å²) in [4.78, 5) is 0. The minimum Gasteiger partial charge on any atom is -0.392 e. The minimum absolute atomic E-state index is 0.000462. The van der Waals surface area contributed by atoms with Crippen molar-refractivity contribution in [3.05, 3.63) is 11.6 Å². The first-order valence-corrected chi connectivity index (χ1v) is 13.8. The van der Waals surface area contributed by atoms with Crippen molar-refractivity contribution in [3.8, 4) is 0 Å². The highest BCUT2D eigenvalue weighted by Gasteiger charge is 2.75. The average Bonchev–Trinajstić information content (AvgIpc) is 3.06. The Morgan fingerprint density at radius 1 is 1.08 bits per heavy atom. The Morgan fingerprint density at radius 3 is 2.47 bits per heavy atom. The fourth-order valence-corrected chi connectivity index (χ4v) is 8.97. The summed E-state index contributed by atoms with van der Waals surface area (Å²) in [6.07, 6.45) is 3.37. The molecule has 206 valence electrons. The summed E-state index contributed by atoms with van der Waals surface area (Å²) < 4.78 is 17.7. The molecule has 4 fully saturated rings. The molecule has 0 unspecified atom stereocenters. The van der Waals surface area contributed by atoms with Gasteiger partial charge < -0.3 is 39.7 Å². The number of hydrogen-bond donors (Lipinski definition) is 5. The molecule has 36 heavy (non-hydrogen) atoms. The quantitative estimate of drug-likeness (QED) is 0.364. The highest BCUT2D eigenvalue weighted by atomic mass is 16.7. The molecule has 0 radical (unpaired) electrons. The molecule has 0 spiro atoms. The average molecular weight is 511 g/mol. The van der Waals surface area contributed by atoms with Crippen LogP contribution in [0.15, 0.2) is 11.6 Å². The number of aliphatic hydroxyl groups excluding tert-OH is 3. The zero-order chi connectivity index (χ0) is 26.3. The molecule has 13 atom stereocenters. The molecule has 1 heterocycles. The highest BCUT2D eigenvalue weighted by molar-refractivity contribution is 5.31. The van der Waals surface area contributed by atoms with Gasteiger partial charge in [0.15, 0.2) is 6.29 Å². The molecule has 0 amide bonds. The maximum Gasteiger partial charge on any atom is 0.161 e. The topological polar surface area (TPSA) is 129 Å². The zero-order valence-electron chi connectivity index (χ0n) is 22.4. The van der Waals surface area contributed by atoms with E-state index in [2.05, 4.69) is 13.0 Å². The van der Waals surface area contributed by atoms with Crippen molar-refractivity contribution < 1.29 is 39.7 Å². The fraction of sp³-hybridized carbons (Fsp3) is 0.929. The monoisotopic (exact) mass is 510 g/mol. The molecule has 0 bridgehead atoms. The largest absolute Gasteiger partial charge is 0.392 e. The van der Waals surface area contributed by atoms with Gasteiger partial charge >= 0.3 is 0 Å². The summed E-state index contributed by atoms with van der Waals surface area (Å²) in [5.74, 6) is -0.00165. The summed E-state index contributed by atoms with van der Waals surface area (Å²) >= 11 is 0. The van der Waals surface area contributed by atoms with Crippen LogP contribution in [-0.2, 0) is 14.2 Å². The number of ether oxygens (including phenoxy) is 3. The van der Waals surface area contributed by atoms with E-state index in [0.29, 0.717) is 25.7 Å². The minimum atomic E-state index is -1.52. The van der Waals surface area contributed by atoms with Crippen LogP contribution in [0, 0.1) is 22.7 Å². The van der Waals surface area contributed by atoms with Crippen LogP contribution in [0.3, 0.4) is 0 Å². The molecule has 8 heteroatoms. The maximum atomic E-state index is 12.2. The third-order valence-corrected chi connectivity index (χ3v) is 11.5. The van der Waals surface area contributed by atoms with Gasteiger partial charge in [0.25, 0.3) is 0 Å². The molecule has 0 aromatic carbocycles. The van der Waals surface area contributed by atoms with Gasteiger partial charge in [-0.15, -0.1) is 0 Å². The molecule has 5 rings (SSSR count). The van der Waals surface area contributed by atoms with Crippen LogP contribution >= 0.6 is 0 Å². The molecule has 5 N–H and O–H groups in total. The first-order chi connectivity index (χ1) is 16.8. The van der Waals surface area contributed by atoms with E-state index >= 15 is 0 Å².